The fraction of sp³-hybridized carbons (Fsp3) is 0.238. The van der Waals surface area contributed by atoms with E-state index >= 15 is 0 Å². The number of nitro groups is 1. The van der Waals surface area contributed by atoms with Gasteiger partial charge in [0.15, 0.2) is 0 Å². The van der Waals surface area contributed by atoms with Gasteiger partial charge in [0, 0.05) is 36.0 Å². The molecule has 0 radical (unpaired) electrons. The van der Waals surface area contributed by atoms with Crippen LogP contribution in [-0.2, 0) is 4.79 Å². The molecule has 0 spiro atoms. The summed E-state index contributed by atoms with van der Waals surface area (Å²) in [6, 6.07) is 10.5. The highest BCUT2D eigenvalue weighted by Gasteiger charge is 2.37. The minimum atomic E-state index is -0.714. The van der Waals surface area contributed by atoms with Crippen LogP contribution < -0.4 is 15.0 Å². The van der Waals surface area contributed by atoms with Gasteiger partial charge in [-0.05, 0) is 32.0 Å². The number of fused-ring (bicyclic) bond motifs is 1. The van der Waals surface area contributed by atoms with Crippen molar-refractivity contribution < 1.29 is 19.2 Å². The first-order valence-electron chi connectivity index (χ1n) is 8.98. The quantitative estimate of drug-likeness (QED) is 0.471. The molecule has 0 unspecified atom stereocenters. The molecule has 0 saturated carbocycles. The molecule has 2 aromatic carbocycles. The molecule has 29 heavy (non-hydrogen) atoms. The van der Waals surface area contributed by atoms with E-state index in [1.165, 1.54) is 24.3 Å². The number of hydrogen-bond acceptors (Lipinski definition) is 5. The first kappa shape index (κ1) is 20.1. The van der Waals surface area contributed by atoms with Gasteiger partial charge in [-0.15, -0.1) is 6.58 Å². The maximum absolute atomic E-state index is 12.8. The lowest BCUT2D eigenvalue weighted by Crippen LogP contribution is -2.42. The third-order valence-electron chi connectivity index (χ3n) is 4.55. The first-order valence-corrected chi connectivity index (χ1v) is 8.98. The van der Waals surface area contributed by atoms with E-state index in [1.807, 2.05) is 13.8 Å². The Kier molecular flexibility index (Phi) is 5.36. The molecule has 3 rings (SSSR count). The maximum atomic E-state index is 12.8. The SMILES string of the molecule is C=CCN1C(=O)C(C)(C)COc2cc(NC(=O)c3cccc([N+](=O)[O-])c3)ccc21. The van der Waals surface area contributed by atoms with Crippen LogP contribution in [0.3, 0.4) is 0 Å². The molecule has 0 atom stereocenters. The second-order valence-corrected chi connectivity index (χ2v) is 7.32. The summed E-state index contributed by atoms with van der Waals surface area (Å²) < 4.78 is 5.85. The van der Waals surface area contributed by atoms with Crippen molar-refractivity contribution >= 4 is 28.9 Å². The Labute approximate surface area is 167 Å². The van der Waals surface area contributed by atoms with Gasteiger partial charge in [-0.25, -0.2) is 0 Å². The second kappa shape index (κ2) is 7.75. The van der Waals surface area contributed by atoms with Gasteiger partial charge in [0.05, 0.1) is 16.0 Å². The van der Waals surface area contributed by atoms with E-state index in [9.17, 15) is 19.7 Å². The zero-order valence-corrected chi connectivity index (χ0v) is 16.2. The summed E-state index contributed by atoms with van der Waals surface area (Å²) in [5.74, 6) is -0.103. The molecule has 0 fully saturated rings. The summed E-state index contributed by atoms with van der Waals surface area (Å²) in [4.78, 5) is 37.3. The standard InChI is InChI=1S/C21H21N3O5/c1-4-10-23-17-9-8-15(12-18(17)29-13-21(2,3)20(23)26)22-19(25)14-6-5-7-16(11-14)24(27)28/h4-9,11-12H,1,10,13H2,2-3H3,(H,22,25). The van der Waals surface area contributed by atoms with Gasteiger partial charge in [-0.1, -0.05) is 12.1 Å². The molecule has 0 aromatic heterocycles. The van der Waals surface area contributed by atoms with Gasteiger partial charge in [0.25, 0.3) is 11.6 Å². The van der Waals surface area contributed by atoms with E-state index < -0.39 is 16.2 Å². The van der Waals surface area contributed by atoms with E-state index in [-0.39, 0.29) is 23.8 Å². The number of carbonyl (C=O) groups excluding carboxylic acids is 2. The van der Waals surface area contributed by atoms with Crippen molar-refractivity contribution in [1.82, 2.24) is 0 Å². The van der Waals surface area contributed by atoms with Crippen LogP contribution in [0, 0.1) is 15.5 Å². The Balaban J connectivity index is 1.89. The Bertz CT molecular complexity index is 1000. The zero-order chi connectivity index (χ0) is 21.2. The molecule has 1 aliphatic rings. The predicted molar refractivity (Wildman–Crippen MR) is 109 cm³/mol. The van der Waals surface area contributed by atoms with Gasteiger partial charge in [0.1, 0.15) is 12.4 Å². The van der Waals surface area contributed by atoms with Crippen LogP contribution in [-0.4, -0.2) is 29.9 Å². The summed E-state index contributed by atoms with van der Waals surface area (Å²) in [7, 11) is 0. The molecule has 0 saturated heterocycles. The molecule has 8 heteroatoms. The van der Waals surface area contributed by atoms with Gasteiger partial charge >= 0.3 is 0 Å². The van der Waals surface area contributed by atoms with Crippen molar-refractivity contribution in [3.05, 3.63) is 70.8 Å². The highest BCUT2D eigenvalue weighted by molar-refractivity contribution is 6.05. The third kappa shape index (κ3) is 4.11. The van der Waals surface area contributed by atoms with E-state index in [4.69, 9.17) is 4.74 Å². The number of benzene rings is 2. The predicted octanol–water partition coefficient (Wildman–Crippen LogP) is 3.78. The summed E-state index contributed by atoms with van der Waals surface area (Å²) in [5.41, 5.74) is 0.331. The van der Waals surface area contributed by atoms with Crippen LogP contribution in [0.2, 0.25) is 0 Å². The average molecular weight is 395 g/mol. The molecule has 8 nitrogen and oxygen atoms in total. The lowest BCUT2D eigenvalue weighted by Gasteiger charge is -2.27. The summed E-state index contributed by atoms with van der Waals surface area (Å²) >= 11 is 0. The van der Waals surface area contributed by atoms with E-state index in [2.05, 4.69) is 11.9 Å². The number of nitrogens with one attached hydrogen (secondary N) is 1. The Morgan fingerprint density at radius 1 is 1.34 bits per heavy atom. The van der Waals surface area contributed by atoms with Crippen molar-refractivity contribution in [1.29, 1.82) is 0 Å². The molecule has 0 aliphatic carbocycles. The number of non-ortho nitro benzene ring substituents is 1. The monoisotopic (exact) mass is 395 g/mol. The number of nitrogens with zero attached hydrogens (tertiary/aromatic N) is 2. The first-order chi connectivity index (χ1) is 13.7. The van der Waals surface area contributed by atoms with Crippen molar-refractivity contribution in [2.45, 2.75) is 13.8 Å². The third-order valence-corrected chi connectivity index (χ3v) is 4.55. The van der Waals surface area contributed by atoms with Crippen molar-refractivity contribution in [3.8, 4) is 5.75 Å². The minimum Gasteiger partial charge on any atom is -0.490 e. The number of amides is 2. The van der Waals surface area contributed by atoms with Crippen molar-refractivity contribution in [2.24, 2.45) is 5.41 Å². The molecule has 1 heterocycles. The lowest BCUT2D eigenvalue weighted by molar-refractivity contribution is -0.384. The second-order valence-electron chi connectivity index (χ2n) is 7.32. The molecule has 150 valence electrons. The maximum Gasteiger partial charge on any atom is 0.270 e. The number of anilines is 2. The number of nitro benzene ring substituents is 1. The highest BCUT2D eigenvalue weighted by Crippen LogP contribution is 2.38. The largest absolute Gasteiger partial charge is 0.490 e. The number of hydrogen-bond donors (Lipinski definition) is 1. The van der Waals surface area contributed by atoms with Crippen LogP contribution in [0.4, 0.5) is 17.1 Å². The summed E-state index contributed by atoms with van der Waals surface area (Å²) in [6.07, 6.45) is 1.64. The average Bonchev–Trinajstić information content (AvgIpc) is 2.78. The molecule has 2 amide bonds. The van der Waals surface area contributed by atoms with Crippen molar-refractivity contribution in [2.75, 3.05) is 23.4 Å². The smallest absolute Gasteiger partial charge is 0.270 e. The molecule has 1 aliphatic heterocycles. The molecule has 2 aromatic rings. The molecular formula is C21H21N3O5. The highest BCUT2D eigenvalue weighted by atomic mass is 16.6. The van der Waals surface area contributed by atoms with Crippen molar-refractivity contribution in [3.63, 3.8) is 0 Å². The fourth-order valence-electron chi connectivity index (χ4n) is 3.00. The summed E-state index contributed by atoms with van der Waals surface area (Å²) in [6.45, 7) is 7.85. The van der Waals surface area contributed by atoms with Crippen LogP contribution in [0.1, 0.15) is 24.2 Å². The molecule has 0 bridgehead atoms. The van der Waals surface area contributed by atoms with E-state index in [1.54, 1.807) is 29.2 Å². The van der Waals surface area contributed by atoms with E-state index in [0.29, 0.717) is 23.7 Å². The Morgan fingerprint density at radius 2 is 2.10 bits per heavy atom. The molecule has 1 N–H and O–H groups in total. The van der Waals surface area contributed by atoms with E-state index in [0.717, 1.165) is 0 Å². The number of rotatable bonds is 5. The Morgan fingerprint density at radius 3 is 2.79 bits per heavy atom. The fourth-order valence-corrected chi connectivity index (χ4v) is 3.00. The number of carbonyl (C=O) groups is 2. The Hall–Kier alpha value is -3.68. The minimum absolute atomic E-state index is 0.0791. The van der Waals surface area contributed by atoms with Crippen LogP contribution in [0.25, 0.3) is 0 Å². The van der Waals surface area contributed by atoms with Gasteiger partial charge < -0.3 is 15.0 Å². The zero-order valence-electron chi connectivity index (χ0n) is 16.2. The summed E-state index contributed by atoms with van der Waals surface area (Å²) in [5, 5.41) is 13.6. The normalized spacial score (nSPS) is 15.0. The van der Waals surface area contributed by atoms with Gasteiger partial charge in [-0.2, -0.15) is 0 Å². The topological polar surface area (TPSA) is 102 Å². The van der Waals surface area contributed by atoms with Crippen LogP contribution >= 0.6 is 0 Å². The van der Waals surface area contributed by atoms with Gasteiger partial charge in [0.2, 0.25) is 5.91 Å². The van der Waals surface area contributed by atoms with Crippen LogP contribution in [0.5, 0.6) is 5.75 Å². The number of ether oxygens (including phenoxy) is 1. The van der Waals surface area contributed by atoms with Crippen LogP contribution in [0.15, 0.2) is 55.1 Å². The van der Waals surface area contributed by atoms with Gasteiger partial charge in [-0.3, -0.25) is 19.7 Å². The lowest BCUT2D eigenvalue weighted by atomic mass is 9.93. The molecular weight excluding hydrogens is 374 g/mol.